The smallest absolute Gasteiger partial charge is 0.227 e. The lowest BCUT2D eigenvalue weighted by atomic mass is 9.73. The van der Waals surface area contributed by atoms with E-state index in [0.717, 1.165) is 52.8 Å². The molecule has 2 aliphatic rings. The van der Waals surface area contributed by atoms with Crippen molar-refractivity contribution < 1.29 is 9.53 Å². The number of fused-ring (bicyclic) bond motifs is 1. The third kappa shape index (κ3) is 4.13. The maximum atomic E-state index is 13.2. The molecule has 7 heteroatoms. The number of aromatic nitrogens is 3. The summed E-state index contributed by atoms with van der Waals surface area (Å²) in [7, 11) is 0. The third-order valence-electron chi connectivity index (χ3n) is 5.42. The van der Waals surface area contributed by atoms with E-state index in [2.05, 4.69) is 33.0 Å². The standard InChI is InChI=1S/C23H30N4O2S/c1-5-11-29-16-9-7-15(8-10-16)20-19-17(13-23(3,4)14-18(19)28)24-21-25-22(26-27(20)21)30-12-6-2/h7-10,20H,5-6,11-14H2,1-4H3,(H,24,25,26). The van der Waals surface area contributed by atoms with Crippen LogP contribution in [0, 0.1) is 5.41 Å². The Morgan fingerprint density at radius 3 is 2.67 bits per heavy atom. The van der Waals surface area contributed by atoms with Crippen LogP contribution < -0.4 is 10.1 Å². The van der Waals surface area contributed by atoms with Gasteiger partial charge in [-0.3, -0.25) is 4.79 Å². The molecule has 2 heterocycles. The monoisotopic (exact) mass is 426 g/mol. The fourth-order valence-electron chi connectivity index (χ4n) is 4.12. The number of hydrogen-bond donors (Lipinski definition) is 1. The van der Waals surface area contributed by atoms with Crippen LogP contribution in [-0.2, 0) is 4.79 Å². The van der Waals surface area contributed by atoms with Crippen LogP contribution in [0.25, 0.3) is 0 Å². The van der Waals surface area contributed by atoms with Gasteiger partial charge in [-0.15, -0.1) is 5.10 Å². The molecule has 1 aliphatic heterocycles. The summed E-state index contributed by atoms with van der Waals surface area (Å²) in [6.45, 7) is 9.22. The highest BCUT2D eigenvalue weighted by atomic mass is 32.2. The number of anilines is 1. The number of ether oxygens (including phenoxy) is 1. The van der Waals surface area contributed by atoms with E-state index < -0.39 is 0 Å². The lowest BCUT2D eigenvalue weighted by Gasteiger charge is -2.38. The molecule has 0 fully saturated rings. The van der Waals surface area contributed by atoms with Crippen LogP contribution in [0.4, 0.5) is 5.95 Å². The number of benzene rings is 1. The van der Waals surface area contributed by atoms with Crippen molar-refractivity contribution in [3.8, 4) is 5.75 Å². The third-order valence-corrected chi connectivity index (χ3v) is 6.46. The number of thioether (sulfide) groups is 1. The van der Waals surface area contributed by atoms with Crippen LogP contribution in [0.15, 0.2) is 40.7 Å². The summed E-state index contributed by atoms with van der Waals surface area (Å²) in [5, 5.41) is 8.95. The highest BCUT2D eigenvalue weighted by Crippen LogP contribution is 2.45. The maximum Gasteiger partial charge on any atom is 0.227 e. The van der Waals surface area contributed by atoms with Crippen molar-refractivity contribution in [1.29, 1.82) is 0 Å². The van der Waals surface area contributed by atoms with Gasteiger partial charge in [0, 0.05) is 23.4 Å². The van der Waals surface area contributed by atoms with Crippen molar-refractivity contribution in [1.82, 2.24) is 14.8 Å². The van der Waals surface area contributed by atoms with Gasteiger partial charge in [-0.05, 0) is 42.4 Å². The number of carbonyl (C=O) groups is 1. The largest absolute Gasteiger partial charge is 0.494 e. The molecular weight excluding hydrogens is 396 g/mol. The highest BCUT2D eigenvalue weighted by Gasteiger charge is 2.41. The van der Waals surface area contributed by atoms with E-state index in [9.17, 15) is 4.79 Å². The predicted octanol–water partition coefficient (Wildman–Crippen LogP) is 5.23. The molecule has 4 rings (SSSR count). The second-order valence-electron chi connectivity index (χ2n) is 8.79. The molecule has 0 saturated heterocycles. The van der Waals surface area contributed by atoms with Gasteiger partial charge in [0.2, 0.25) is 11.1 Å². The van der Waals surface area contributed by atoms with Crippen molar-refractivity contribution in [2.24, 2.45) is 5.41 Å². The fourth-order valence-corrected chi connectivity index (χ4v) is 4.80. The zero-order valence-electron chi connectivity index (χ0n) is 18.2. The first-order valence-electron chi connectivity index (χ1n) is 10.8. The number of Topliss-reactive ketones (excluding diaryl/α,β-unsaturated/α-hetero) is 1. The highest BCUT2D eigenvalue weighted by molar-refractivity contribution is 7.99. The molecule has 2 aromatic rings. The Labute approximate surface area is 182 Å². The summed E-state index contributed by atoms with van der Waals surface area (Å²) in [5.41, 5.74) is 2.77. The van der Waals surface area contributed by atoms with Gasteiger partial charge < -0.3 is 10.1 Å². The van der Waals surface area contributed by atoms with Crippen LogP contribution in [0.1, 0.15) is 65.0 Å². The van der Waals surface area contributed by atoms with Crippen LogP contribution in [0.5, 0.6) is 5.75 Å². The van der Waals surface area contributed by atoms with Gasteiger partial charge in [0.15, 0.2) is 5.78 Å². The van der Waals surface area contributed by atoms with Crippen molar-refractivity contribution in [2.75, 3.05) is 17.7 Å². The summed E-state index contributed by atoms with van der Waals surface area (Å²) in [6, 6.07) is 7.79. The summed E-state index contributed by atoms with van der Waals surface area (Å²) in [6.07, 6.45) is 3.40. The molecule has 1 aliphatic carbocycles. The Hall–Kier alpha value is -2.28. The van der Waals surface area contributed by atoms with Gasteiger partial charge in [-0.2, -0.15) is 4.98 Å². The van der Waals surface area contributed by atoms with Crippen LogP contribution in [0.2, 0.25) is 0 Å². The van der Waals surface area contributed by atoms with E-state index in [-0.39, 0.29) is 17.2 Å². The number of nitrogens with zero attached hydrogens (tertiary/aromatic N) is 3. The lowest BCUT2D eigenvalue weighted by Crippen LogP contribution is -2.36. The maximum absolute atomic E-state index is 13.2. The van der Waals surface area contributed by atoms with E-state index in [1.54, 1.807) is 11.8 Å². The molecule has 30 heavy (non-hydrogen) atoms. The Morgan fingerprint density at radius 2 is 1.97 bits per heavy atom. The zero-order chi connectivity index (χ0) is 21.3. The molecule has 1 aromatic heterocycles. The molecule has 0 amide bonds. The van der Waals surface area contributed by atoms with Crippen molar-refractivity contribution in [3.05, 3.63) is 41.1 Å². The van der Waals surface area contributed by atoms with E-state index in [0.29, 0.717) is 19.0 Å². The normalized spacial score (nSPS) is 19.9. The van der Waals surface area contributed by atoms with Crippen molar-refractivity contribution >= 4 is 23.5 Å². The minimum Gasteiger partial charge on any atom is -0.494 e. The van der Waals surface area contributed by atoms with Gasteiger partial charge in [-0.1, -0.05) is 51.6 Å². The second-order valence-corrected chi connectivity index (χ2v) is 9.85. The molecule has 1 aromatic carbocycles. The Kier molecular flexibility index (Phi) is 5.91. The van der Waals surface area contributed by atoms with Gasteiger partial charge in [0.25, 0.3) is 0 Å². The number of ketones is 1. The van der Waals surface area contributed by atoms with E-state index in [1.807, 2.05) is 28.9 Å². The molecule has 0 radical (unpaired) electrons. The fraction of sp³-hybridized carbons (Fsp3) is 0.522. The summed E-state index contributed by atoms with van der Waals surface area (Å²) in [4.78, 5) is 18.0. The van der Waals surface area contributed by atoms with Gasteiger partial charge >= 0.3 is 0 Å². The van der Waals surface area contributed by atoms with E-state index in [4.69, 9.17) is 14.8 Å². The molecule has 1 unspecified atom stereocenters. The summed E-state index contributed by atoms with van der Waals surface area (Å²) < 4.78 is 7.62. The topological polar surface area (TPSA) is 69.0 Å². The minimum atomic E-state index is -0.261. The minimum absolute atomic E-state index is 0.0622. The zero-order valence-corrected chi connectivity index (χ0v) is 19.0. The number of rotatable bonds is 7. The van der Waals surface area contributed by atoms with Crippen molar-refractivity contribution in [3.63, 3.8) is 0 Å². The van der Waals surface area contributed by atoms with Crippen LogP contribution in [0.3, 0.4) is 0 Å². The quantitative estimate of drug-likeness (QED) is 0.612. The molecule has 0 spiro atoms. The second kappa shape index (κ2) is 8.46. The SMILES string of the molecule is CCCOc1ccc(C2C3=C(CC(C)(C)CC3=O)Nc3nc(SCCC)nn32)cc1. The molecule has 1 N–H and O–H groups in total. The Bertz CT molecular complexity index is 962. The molecule has 1 atom stereocenters. The Balaban J connectivity index is 1.75. The van der Waals surface area contributed by atoms with Gasteiger partial charge in [-0.25, -0.2) is 4.68 Å². The average molecular weight is 427 g/mol. The molecule has 0 saturated carbocycles. The lowest BCUT2D eigenvalue weighted by molar-refractivity contribution is -0.118. The first kappa shape index (κ1) is 21.0. The van der Waals surface area contributed by atoms with Gasteiger partial charge in [0.1, 0.15) is 11.8 Å². The van der Waals surface area contributed by atoms with Crippen molar-refractivity contribution in [2.45, 2.75) is 64.6 Å². The van der Waals surface area contributed by atoms with Crippen LogP contribution in [-0.4, -0.2) is 32.9 Å². The number of hydrogen-bond acceptors (Lipinski definition) is 6. The van der Waals surface area contributed by atoms with Crippen LogP contribution >= 0.6 is 11.8 Å². The van der Waals surface area contributed by atoms with E-state index >= 15 is 0 Å². The summed E-state index contributed by atoms with van der Waals surface area (Å²) >= 11 is 1.65. The number of allylic oxidation sites excluding steroid dienone is 2. The molecule has 160 valence electrons. The molecule has 6 nitrogen and oxygen atoms in total. The molecular formula is C23H30N4O2S. The number of carbonyl (C=O) groups excluding carboxylic acids is 1. The average Bonchev–Trinajstić information content (AvgIpc) is 3.11. The number of nitrogens with one attached hydrogen (secondary N) is 1. The molecule has 0 bridgehead atoms. The predicted molar refractivity (Wildman–Crippen MR) is 120 cm³/mol. The van der Waals surface area contributed by atoms with E-state index in [1.165, 1.54) is 0 Å². The first-order chi connectivity index (χ1) is 14.4. The van der Waals surface area contributed by atoms with Gasteiger partial charge in [0.05, 0.1) is 6.61 Å². The summed E-state index contributed by atoms with van der Waals surface area (Å²) in [5.74, 6) is 2.72. The Morgan fingerprint density at radius 1 is 1.20 bits per heavy atom. The first-order valence-corrected chi connectivity index (χ1v) is 11.8.